The number of hydrogen-bond acceptors (Lipinski definition) is 1. The number of hydrogen-bond donors (Lipinski definition) is 1. The third-order valence-corrected chi connectivity index (χ3v) is 1.40. The maximum atomic E-state index is 11.9. The number of rotatable bonds is 1. The molecule has 1 N–H and O–H groups in total. The summed E-state index contributed by atoms with van der Waals surface area (Å²) in [6.45, 7) is 0.384. The Bertz CT molecular complexity index is 186. The maximum Gasteiger partial charge on any atom is 0.263 e. The van der Waals surface area contributed by atoms with Gasteiger partial charge in [0.1, 0.15) is 5.16 Å². The van der Waals surface area contributed by atoms with E-state index < -0.39 is 6.43 Å². The van der Waals surface area contributed by atoms with Gasteiger partial charge in [0.2, 0.25) is 0 Å². The highest BCUT2D eigenvalue weighted by Gasteiger charge is 2.11. The predicted molar refractivity (Wildman–Crippen MR) is 36.0 cm³/mol. The van der Waals surface area contributed by atoms with E-state index in [9.17, 15) is 8.78 Å². The average Bonchev–Trinajstić information content (AvgIpc) is 1.88. The first-order valence-corrected chi connectivity index (χ1v) is 3.17. The summed E-state index contributed by atoms with van der Waals surface area (Å²) in [5, 5.41) is 2.96. The van der Waals surface area contributed by atoms with Gasteiger partial charge in [-0.1, -0.05) is 17.7 Å². The van der Waals surface area contributed by atoms with Crippen LogP contribution in [-0.2, 0) is 0 Å². The van der Waals surface area contributed by atoms with Crippen molar-refractivity contribution in [1.82, 2.24) is 5.32 Å². The normalized spacial score (nSPS) is 18.0. The first kappa shape index (κ1) is 7.54. The van der Waals surface area contributed by atoms with Gasteiger partial charge in [-0.2, -0.15) is 0 Å². The first-order chi connectivity index (χ1) is 4.70. The second-order valence-electron chi connectivity index (χ2n) is 1.88. The molecule has 0 saturated heterocycles. The van der Waals surface area contributed by atoms with Gasteiger partial charge in [0.25, 0.3) is 6.43 Å². The minimum atomic E-state index is -2.42. The standard InChI is InChI=1S/C6H6ClF2N/c7-5-3-4(6(8)9)1-2-10-5/h1,3,6,10H,2H2. The zero-order valence-electron chi connectivity index (χ0n) is 5.07. The fourth-order valence-corrected chi connectivity index (χ4v) is 0.878. The lowest BCUT2D eigenvalue weighted by Crippen LogP contribution is -2.15. The van der Waals surface area contributed by atoms with Crippen LogP contribution < -0.4 is 5.32 Å². The Labute approximate surface area is 62.4 Å². The number of dihydropyridines is 1. The van der Waals surface area contributed by atoms with Gasteiger partial charge in [-0.15, -0.1) is 0 Å². The minimum Gasteiger partial charge on any atom is -0.372 e. The van der Waals surface area contributed by atoms with Crippen LogP contribution in [0.25, 0.3) is 0 Å². The molecule has 4 heteroatoms. The molecule has 0 unspecified atom stereocenters. The zero-order chi connectivity index (χ0) is 7.56. The molecule has 1 heterocycles. The number of nitrogens with one attached hydrogen (secondary N) is 1. The van der Waals surface area contributed by atoms with Crippen molar-refractivity contribution in [3.05, 3.63) is 22.9 Å². The van der Waals surface area contributed by atoms with E-state index in [1.165, 1.54) is 12.2 Å². The molecule has 1 aliphatic rings. The topological polar surface area (TPSA) is 12.0 Å². The fraction of sp³-hybridized carbons (Fsp3) is 0.333. The Morgan fingerprint density at radius 2 is 2.30 bits per heavy atom. The lowest BCUT2D eigenvalue weighted by atomic mass is 10.2. The summed E-state index contributed by atoms with van der Waals surface area (Å²) in [4.78, 5) is 0. The third kappa shape index (κ3) is 1.70. The van der Waals surface area contributed by atoms with E-state index in [0.717, 1.165) is 0 Å². The lowest BCUT2D eigenvalue weighted by Gasteiger charge is -2.09. The smallest absolute Gasteiger partial charge is 0.263 e. The van der Waals surface area contributed by atoms with Gasteiger partial charge in [-0.25, -0.2) is 8.78 Å². The van der Waals surface area contributed by atoms with Gasteiger partial charge >= 0.3 is 0 Å². The summed E-state index contributed by atoms with van der Waals surface area (Å²) in [6.07, 6.45) is 0.225. The van der Waals surface area contributed by atoms with E-state index >= 15 is 0 Å². The molecule has 1 nitrogen and oxygen atoms in total. The molecular weight excluding hydrogens is 160 g/mol. The lowest BCUT2D eigenvalue weighted by molar-refractivity contribution is 0.193. The molecule has 56 valence electrons. The summed E-state index contributed by atoms with van der Waals surface area (Å²) in [5.41, 5.74) is -0.0104. The molecule has 1 aliphatic heterocycles. The van der Waals surface area contributed by atoms with Crippen LogP contribution in [0.2, 0.25) is 0 Å². The Balaban J connectivity index is 2.69. The molecular formula is C6H6ClF2N. The van der Waals surface area contributed by atoms with Crippen LogP contribution in [0.4, 0.5) is 8.78 Å². The van der Waals surface area contributed by atoms with Gasteiger partial charge in [0.15, 0.2) is 0 Å². The minimum absolute atomic E-state index is 0.0104. The Hall–Kier alpha value is -0.570. The van der Waals surface area contributed by atoms with Gasteiger partial charge in [-0.05, 0) is 6.08 Å². The molecule has 0 bridgehead atoms. The largest absolute Gasteiger partial charge is 0.372 e. The van der Waals surface area contributed by atoms with E-state index in [2.05, 4.69) is 5.32 Å². The number of alkyl halides is 2. The molecule has 1 rings (SSSR count). The molecule has 0 aromatic carbocycles. The summed E-state index contributed by atoms with van der Waals surface area (Å²) in [5.74, 6) is 0. The van der Waals surface area contributed by atoms with E-state index in [0.29, 0.717) is 6.54 Å². The van der Waals surface area contributed by atoms with Crippen molar-refractivity contribution in [1.29, 1.82) is 0 Å². The van der Waals surface area contributed by atoms with Crippen LogP contribution in [0.15, 0.2) is 22.9 Å². The molecule has 0 spiro atoms. The van der Waals surface area contributed by atoms with Gasteiger partial charge in [0.05, 0.1) is 0 Å². The molecule has 0 fully saturated rings. The summed E-state index contributed by atoms with van der Waals surface area (Å²) < 4.78 is 23.8. The molecule has 0 aromatic rings. The predicted octanol–water partition coefficient (Wildman–Crippen LogP) is 1.86. The molecule has 0 aliphatic carbocycles. The van der Waals surface area contributed by atoms with Crippen LogP contribution in [0, 0.1) is 0 Å². The molecule has 0 aromatic heterocycles. The molecule has 0 amide bonds. The number of halogens is 3. The summed E-state index contributed by atoms with van der Waals surface area (Å²) in [6, 6.07) is 0. The van der Waals surface area contributed by atoms with Crippen molar-refractivity contribution in [2.24, 2.45) is 0 Å². The second kappa shape index (κ2) is 3.01. The van der Waals surface area contributed by atoms with Crippen LogP contribution >= 0.6 is 11.6 Å². The van der Waals surface area contributed by atoms with Crippen molar-refractivity contribution in [3.63, 3.8) is 0 Å². The molecule has 10 heavy (non-hydrogen) atoms. The second-order valence-corrected chi connectivity index (χ2v) is 2.29. The summed E-state index contributed by atoms with van der Waals surface area (Å²) >= 11 is 5.43. The average molecular weight is 166 g/mol. The monoisotopic (exact) mass is 165 g/mol. The Morgan fingerprint density at radius 1 is 1.60 bits per heavy atom. The van der Waals surface area contributed by atoms with Crippen molar-refractivity contribution in [2.45, 2.75) is 6.43 Å². The molecule has 0 saturated carbocycles. The highest BCUT2D eigenvalue weighted by molar-refractivity contribution is 6.29. The Kier molecular flexibility index (Phi) is 2.27. The fourth-order valence-electron chi connectivity index (χ4n) is 0.675. The van der Waals surface area contributed by atoms with Gasteiger partial charge in [0, 0.05) is 12.1 Å². The van der Waals surface area contributed by atoms with Crippen LogP contribution in [0.3, 0.4) is 0 Å². The van der Waals surface area contributed by atoms with Gasteiger partial charge < -0.3 is 5.32 Å². The SMILES string of the molecule is FC(F)C1=CCNC(Cl)=C1. The Morgan fingerprint density at radius 3 is 2.70 bits per heavy atom. The van der Waals surface area contributed by atoms with Crippen LogP contribution in [0.1, 0.15) is 0 Å². The number of allylic oxidation sites excluding steroid dienone is 2. The van der Waals surface area contributed by atoms with Crippen molar-refractivity contribution < 1.29 is 8.78 Å². The summed E-state index contributed by atoms with van der Waals surface area (Å²) in [7, 11) is 0. The highest BCUT2D eigenvalue weighted by atomic mass is 35.5. The highest BCUT2D eigenvalue weighted by Crippen LogP contribution is 2.15. The molecule has 0 radical (unpaired) electrons. The van der Waals surface area contributed by atoms with E-state index in [1.807, 2.05) is 0 Å². The van der Waals surface area contributed by atoms with Crippen LogP contribution in [0.5, 0.6) is 0 Å². The van der Waals surface area contributed by atoms with E-state index in [4.69, 9.17) is 11.6 Å². The molecule has 0 atom stereocenters. The van der Waals surface area contributed by atoms with Gasteiger partial charge in [-0.3, -0.25) is 0 Å². The van der Waals surface area contributed by atoms with E-state index in [-0.39, 0.29) is 10.7 Å². The maximum absolute atomic E-state index is 11.9. The third-order valence-electron chi connectivity index (χ3n) is 1.15. The van der Waals surface area contributed by atoms with Crippen molar-refractivity contribution in [3.8, 4) is 0 Å². The first-order valence-electron chi connectivity index (χ1n) is 2.79. The van der Waals surface area contributed by atoms with Crippen molar-refractivity contribution >= 4 is 11.6 Å². The van der Waals surface area contributed by atoms with Crippen LogP contribution in [-0.4, -0.2) is 13.0 Å². The zero-order valence-corrected chi connectivity index (χ0v) is 5.83. The quantitative estimate of drug-likeness (QED) is 0.585. The van der Waals surface area contributed by atoms with Crippen molar-refractivity contribution in [2.75, 3.05) is 6.54 Å². The van der Waals surface area contributed by atoms with E-state index in [1.54, 1.807) is 0 Å².